The Morgan fingerprint density at radius 3 is 2.60 bits per heavy atom. The Kier molecular flexibility index (Phi) is 5.54. The molecule has 1 aliphatic rings. The van der Waals surface area contributed by atoms with Crippen LogP contribution in [-0.4, -0.2) is 48.1 Å². The number of aromatic nitrogens is 2. The van der Waals surface area contributed by atoms with Crippen LogP contribution in [0.4, 0.5) is 8.78 Å². The zero-order valence-corrected chi connectivity index (χ0v) is 17.5. The summed E-state index contributed by atoms with van der Waals surface area (Å²) in [7, 11) is -3.67. The molecule has 162 valence electrons. The first kappa shape index (κ1) is 20.8. The van der Waals surface area contributed by atoms with E-state index in [9.17, 15) is 17.2 Å². The summed E-state index contributed by atoms with van der Waals surface area (Å²) < 4.78 is 65.5. The molecule has 30 heavy (non-hydrogen) atoms. The van der Waals surface area contributed by atoms with E-state index < -0.39 is 16.4 Å². The van der Waals surface area contributed by atoms with Crippen LogP contribution < -0.4 is 4.74 Å². The minimum atomic E-state index is -3.67. The lowest BCUT2D eigenvalue weighted by atomic mass is 10.1. The summed E-state index contributed by atoms with van der Waals surface area (Å²) >= 11 is 0. The quantitative estimate of drug-likeness (QED) is 0.585. The molecule has 0 saturated carbocycles. The van der Waals surface area contributed by atoms with Crippen molar-refractivity contribution in [2.45, 2.75) is 50.7 Å². The molecule has 2 aromatic heterocycles. The van der Waals surface area contributed by atoms with E-state index in [2.05, 4.69) is 5.16 Å². The molecule has 0 bridgehead atoms. The molecule has 7 nitrogen and oxygen atoms in total. The second-order valence-corrected chi connectivity index (χ2v) is 9.30. The third-order valence-corrected chi connectivity index (χ3v) is 7.51. The summed E-state index contributed by atoms with van der Waals surface area (Å²) in [5, 5.41) is 4.51. The predicted octanol–water partition coefficient (Wildman–Crippen LogP) is 3.74. The van der Waals surface area contributed by atoms with Gasteiger partial charge in [0, 0.05) is 24.7 Å². The molecule has 10 heteroatoms. The fourth-order valence-electron chi connectivity index (χ4n) is 3.95. The van der Waals surface area contributed by atoms with Gasteiger partial charge in [0.2, 0.25) is 10.0 Å². The van der Waals surface area contributed by atoms with E-state index in [1.54, 1.807) is 38.2 Å². The van der Waals surface area contributed by atoms with Gasteiger partial charge in [-0.3, -0.25) is 0 Å². The Bertz CT molecular complexity index is 1130. The van der Waals surface area contributed by atoms with Crippen LogP contribution in [0.25, 0.3) is 10.9 Å². The third kappa shape index (κ3) is 3.81. The Balaban J connectivity index is 1.46. The number of piperidine rings is 1. The van der Waals surface area contributed by atoms with E-state index in [4.69, 9.17) is 9.26 Å². The van der Waals surface area contributed by atoms with E-state index in [0.29, 0.717) is 42.9 Å². The average molecular weight is 439 g/mol. The van der Waals surface area contributed by atoms with E-state index in [1.807, 2.05) is 6.07 Å². The largest absolute Gasteiger partial charge is 0.490 e. The molecular weight excluding hydrogens is 416 g/mol. The summed E-state index contributed by atoms with van der Waals surface area (Å²) in [6.07, 6.45) is 0.0787. The van der Waals surface area contributed by atoms with Gasteiger partial charge < -0.3 is 13.8 Å². The van der Waals surface area contributed by atoms with Crippen molar-refractivity contribution in [2.24, 2.45) is 0 Å². The van der Waals surface area contributed by atoms with Crippen molar-refractivity contribution in [3.8, 4) is 5.75 Å². The maximum absolute atomic E-state index is 12.9. The Morgan fingerprint density at radius 2 is 1.97 bits per heavy atom. The summed E-state index contributed by atoms with van der Waals surface area (Å²) in [6, 6.07) is 7.13. The highest BCUT2D eigenvalue weighted by Gasteiger charge is 2.34. The number of halogens is 2. The summed E-state index contributed by atoms with van der Waals surface area (Å²) in [4.78, 5) is 0.131. The number of hydrogen-bond acceptors (Lipinski definition) is 5. The molecule has 3 aromatic rings. The molecule has 0 amide bonds. The zero-order valence-electron chi connectivity index (χ0n) is 16.7. The van der Waals surface area contributed by atoms with Crippen LogP contribution in [0.3, 0.4) is 0 Å². The van der Waals surface area contributed by atoms with Gasteiger partial charge in [0.05, 0.1) is 12.1 Å². The molecule has 0 spiro atoms. The highest BCUT2D eigenvalue weighted by atomic mass is 32.2. The number of ether oxygens (including phenoxy) is 1. The van der Waals surface area contributed by atoms with Crippen molar-refractivity contribution in [1.29, 1.82) is 0 Å². The molecule has 1 aliphatic heterocycles. The van der Waals surface area contributed by atoms with Gasteiger partial charge in [-0.1, -0.05) is 11.2 Å². The minimum absolute atomic E-state index is 0.131. The number of hydrogen-bond donors (Lipinski definition) is 0. The molecule has 4 rings (SSSR count). The van der Waals surface area contributed by atoms with Crippen molar-refractivity contribution in [2.75, 3.05) is 13.1 Å². The first-order chi connectivity index (χ1) is 14.3. The SMILES string of the molecule is Cc1noc(C)c1S(=O)(=O)N1CCC(Oc2cccc3c2ccn3CC(F)F)CC1. The molecule has 0 unspecified atom stereocenters. The predicted molar refractivity (Wildman–Crippen MR) is 106 cm³/mol. The summed E-state index contributed by atoms with van der Waals surface area (Å²) in [5.74, 6) is 0.901. The van der Waals surface area contributed by atoms with Crippen LogP contribution in [0, 0.1) is 13.8 Å². The van der Waals surface area contributed by atoms with Crippen molar-refractivity contribution >= 4 is 20.9 Å². The van der Waals surface area contributed by atoms with Crippen LogP contribution in [-0.2, 0) is 16.6 Å². The summed E-state index contributed by atoms with van der Waals surface area (Å²) in [6.45, 7) is 3.47. The first-order valence-corrected chi connectivity index (χ1v) is 11.2. The number of sulfonamides is 1. The van der Waals surface area contributed by atoms with Crippen molar-refractivity contribution in [3.05, 3.63) is 41.9 Å². The second kappa shape index (κ2) is 7.99. The average Bonchev–Trinajstić information content (AvgIpc) is 3.26. The van der Waals surface area contributed by atoms with E-state index in [1.165, 1.54) is 8.87 Å². The molecule has 3 heterocycles. The van der Waals surface area contributed by atoms with Crippen LogP contribution >= 0.6 is 0 Å². The van der Waals surface area contributed by atoms with Gasteiger partial charge in [-0.2, -0.15) is 4.31 Å². The fourth-order valence-corrected chi connectivity index (χ4v) is 5.71. The van der Waals surface area contributed by atoms with Crippen molar-refractivity contribution < 1.29 is 26.5 Å². The van der Waals surface area contributed by atoms with Crippen LogP contribution in [0.2, 0.25) is 0 Å². The normalized spacial score (nSPS) is 16.6. The Labute approximate surface area is 173 Å². The number of aryl methyl sites for hydroxylation is 2. The lowest BCUT2D eigenvalue weighted by Gasteiger charge is -2.31. The molecule has 0 atom stereocenters. The fraction of sp³-hybridized carbons (Fsp3) is 0.450. The standard InChI is InChI=1S/C20H23F2N3O4S/c1-13-20(14(2)29-23-13)30(26,27)25-10-6-15(7-11-25)28-18-5-3-4-17-16(18)8-9-24(17)12-19(21)22/h3-5,8-9,15,19H,6-7,10-12H2,1-2H3. The number of fused-ring (bicyclic) bond motifs is 1. The molecule has 0 radical (unpaired) electrons. The van der Waals surface area contributed by atoms with Crippen LogP contribution in [0.5, 0.6) is 5.75 Å². The topological polar surface area (TPSA) is 77.6 Å². The lowest BCUT2D eigenvalue weighted by molar-refractivity contribution is 0.128. The van der Waals surface area contributed by atoms with Crippen molar-refractivity contribution in [3.63, 3.8) is 0 Å². The second-order valence-electron chi connectivity index (χ2n) is 7.42. The van der Waals surface area contributed by atoms with Gasteiger partial charge >= 0.3 is 0 Å². The van der Waals surface area contributed by atoms with Crippen LogP contribution in [0.15, 0.2) is 39.9 Å². The summed E-state index contributed by atoms with van der Waals surface area (Å²) in [5.41, 5.74) is 1.04. The molecule has 1 saturated heterocycles. The minimum Gasteiger partial charge on any atom is -0.490 e. The number of benzene rings is 1. The lowest BCUT2D eigenvalue weighted by Crippen LogP contribution is -2.42. The van der Waals surface area contributed by atoms with Gasteiger partial charge in [-0.15, -0.1) is 0 Å². The van der Waals surface area contributed by atoms with Gasteiger partial charge in [-0.05, 0) is 44.9 Å². The Morgan fingerprint density at radius 1 is 1.23 bits per heavy atom. The first-order valence-electron chi connectivity index (χ1n) is 9.73. The van der Waals surface area contributed by atoms with Gasteiger partial charge in [0.15, 0.2) is 5.76 Å². The van der Waals surface area contributed by atoms with E-state index in [-0.39, 0.29) is 23.3 Å². The third-order valence-electron chi connectivity index (χ3n) is 5.37. The Hall–Kier alpha value is -2.46. The maximum Gasteiger partial charge on any atom is 0.256 e. The van der Waals surface area contributed by atoms with Gasteiger partial charge in [0.1, 0.15) is 22.4 Å². The van der Waals surface area contributed by atoms with E-state index >= 15 is 0 Å². The highest BCUT2D eigenvalue weighted by molar-refractivity contribution is 7.89. The highest BCUT2D eigenvalue weighted by Crippen LogP contribution is 2.31. The number of rotatable bonds is 6. The zero-order chi connectivity index (χ0) is 21.5. The smallest absolute Gasteiger partial charge is 0.256 e. The molecule has 1 fully saturated rings. The number of nitrogens with zero attached hydrogens (tertiary/aromatic N) is 3. The molecule has 0 N–H and O–H groups in total. The van der Waals surface area contributed by atoms with Gasteiger partial charge in [0.25, 0.3) is 6.43 Å². The molecule has 0 aliphatic carbocycles. The number of alkyl halides is 2. The van der Waals surface area contributed by atoms with Crippen molar-refractivity contribution in [1.82, 2.24) is 14.0 Å². The van der Waals surface area contributed by atoms with E-state index in [0.717, 1.165) is 5.39 Å². The molecule has 1 aromatic carbocycles. The van der Waals surface area contributed by atoms with Gasteiger partial charge in [-0.25, -0.2) is 17.2 Å². The maximum atomic E-state index is 12.9. The van der Waals surface area contributed by atoms with Crippen LogP contribution in [0.1, 0.15) is 24.3 Å². The molecular formula is C20H23F2N3O4S. The monoisotopic (exact) mass is 439 g/mol.